The Morgan fingerprint density at radius 3 is 2.61 bits per heavy atom. The molecule has 0 bridgehead atoms. The molecule has 1 aliphatic rings. The number of alkyl carbamates (subject to hydrolysis) is 1. The van der Waals surface area contributed by atoms with Crippen LogP contribution in [-0.4, -0.2) is 49.0 Å². The number of aliphatic hydroxyl groups is 1. The minimum absolute atomic E-state index is 0.0905. The van der Waals surface area contributed by atoms with Gasteiger partial charge in [-0.05, 0) is 40.0 Å². The van der Waals surface area contributed by atoms with Gasteiger partial charge in [-0.25, -0.2) is 14.3 Å². The number of carboxylic acids is 1. The maximum absolute atomic E-state index is 11.8. The molecule has 2 unspecified atom stereocenters. The molecule has 0 aromatic carbocycles. The molecule has 1 aromatic heterocycles. The predicted octanol–water partition coefficient (Wildman–Crippen LogP) is 1.09. The molecule has 3 N–H and O–H groups in total. The maximum Gasteiger partial charge on any atom is 0.407 e. The maximum atomic E-state index is 11.8. The zero-order chi connectivity index (χ0) is 17.2. The Hall–Kier alpha value is -2.16. The molecular weight excluding hydrogens is 304 g/mol. The van der Waals surface area contributed by atoms with Gasteiger partial charge in [0.05, 0.1) is 24.4 Å². The smallest absolute Gasteiger partial charge is 0.407 e. The first-order valence-electron chi connectivity index (χ1n) is 7.51. The van der Waals surface area contributed by atoms with Gasteiger partial charge in [-0.15, -0.1) is 5.10 Å². The second-order valence-electron chi connectivity index (χ2n) is 6.56. The Bertz CT molecular complexity index is 592. The van der Waals surface area contributed by atoms with Crippen molar-refractivity contribution < 1.29 is 24.5 Å². The highest BCUT2D eigenvalue weighted by atomic mass is 16.6. The van der Waals surface area contributed by atoms with Crippen LogP contribution in [0.15, 0.2) is 0 Å². The molecular formula is C14H22N4O5. The quantitative estimate of drug-likeness (QED) is 0.755. The number of aliphatic hydroxyl groups excluding tert-OH is 1. The number of carboxylic acid groups (broad SMARTS) is 1. The first-order valence-corrected chi connectivity index (χ1v) is 7.51. The minimum atomic E-state index is -1.23. The molecule has 0 radical (unpaired) electrons. The zero-order valence-electron chi connectivity index (χ0n) is 13.4. The molecule has 9 heteroatoms. The summed E-state index contributed by atoms with van der Waals surface area (Å²) in [4.78, 5) is 23.0. The van der Waals surface area contributed by atoms with Gasteiger partial charge in [0, 0.05) is 0 Å². The third kappa shape index (κ3) is 4.19. The van der Waals surface area contributed by atoms with Crippen molar-refractivity contribution in [2.45, 2.75) is 64.3 Å². The fourth-order valence-electron chi connectivity index (χ4n) is 2.59. The Morgan fingerprint density at radius 2 is 2.09 bits per heavy atom. The molecule has 1 saturated carbocycles. The SMILES string of the molecule is CC(C)(C)OC(=O)NCc1c(C(=O)O)nnn1C1CCCC1O. The van der Waals surface area contributed by atoms with Crippen LogP contribution in [0.4, 0.5) is 4.79 Å². The lowest BCUT2D eigenvalue weighted by Gasteiger charge is -2.21. The van der Waals surface area contributed by atoms with Gasteiger partial charge in [0.1, 0.15) is 5.60 Å². The van der Waals surface area contributed by atoms with E-state index in [4.69, 9.17) is 4.74 Å². The summed E-state index contributed by atoms with van der Waals surface area (Å²) in [5.41, 5.74) is -0.644. The van der Waals surface area contributed by atoms with Gasteiger partial charge in [-0.1, -0.05) is 5.21 Å². The molecule has 2 rings (SSSR count). The average Bonchev–Trinajstić information content (AvgIpc) is 2.99. The summed E-state index contributed by atoms with van der Waals surface area (Å²) in [5, 5.41) is 29.2. The fourth-order valence-corrected chi connectivity index (χ4v) is 2.59. The molecule has 1 heterocycles. The van der Waals surface area contributed by atoms with Crippen molar-refractivity contribution in [1.82, 2.24) is 20.3 Å². The highest BCUT2D eigenvalue weighted by Crippen LogP contribution is 2.30. The number of hydrogen-bond donors (Lipinski definition) is 3. The van der Waals surface area contributed by atoms with Crippen LogP contribution in [0, 0.1) is 0 Å². The average molecular weight is 326 g/mol. The number of nitrogens with one attached hydrogen (secondary N) is 1. The lowest BCUT2D eigenvalue weighted by Crippen LogP contribution is -2.33. The van der Waals surface area contributed by atoms with Gasteiger partial charge in [0.15, 0.2) is 5.69 Å². The molecule has 1 fully saturated rings. The van der Waals surface area contributed by atoms with Gasteiger partial charge < -0.3 is 20.3 Å². The second kappa shape index (κ2) is 6.53. The molecule has 2 atom stereocenters. The van der Waals surface area contributed by atoms with E-state index in [1.54, 1.807) is 20.8 Å². The van der Waals surface area contributed by atoms with Crippen molar-refractivity contribution in [1.29, 1.82) is 0 Å². The number of aromatic nitrogens is 3. The Labute approximate surface area is 133 Å². The molecule has 1 aliphatic carbocycles. The molecule has 9 nitrogen and oxygen atoms in total. The third-order valence-corrected chi connectivity index (χ3v) is 3.55. The molecule has 23 heavy (non-hydrogen) atoms. The standard InChI is InChI=1S/C14H22N4O5/c1-14(2,3)23-13(22)15-7-9-11(12(20)21)16-17-18(9)8-5-4-6-10(8)19/h8,10,19H,4-7H2,1-3H3,(H,15,22)(H,20,21). The number of hydrogen-bond acceptors (Lipinski definition) is 6. The van der Waals surface area contributed by atoms with E-state index in [1.807, 2.05) is 0 Å². The van der Waals surface area contributed by atoms with Crippen molar-refractivity contribution in [3.8, 4) is 0 Å². The van der Waals surface area contributed by atoms with Crippen molar-refractivity contribution in [2.75, 3.05) is 0 Å². The van der Waals surface area contributed by atoms with E-state index in [9.17, 15) is 19.8 Å². The van der Waals surface area contributed by atoms with Crippen LogP contribution in [0.1, 0.15) is 62.3 Å². The van der Waals surface area contributed by atoms with Crippen molar-refractivity contribution >= 4 is 12.1 Å². The Morgan fingerprint density at radius 1 is 1.39 bits per heavy atom. The number of carbonyl (C=O) groups is 2. The highest BCUT2D eigenvalue weighted by molar-refractivity contribution is 5.86. The third-order valence-electron chi connectivity index (χ3n) is 3.55. The summed E-state index contributed by atoms with van der Waals surface area (Å²) in [5.74, 6) is -1.23. The van der Waals surface area contributed by atoms with E-state index in [-0.39, 0.29) is 24.0 Å². The number of ether oxygens (including phenoxy) is 1. The lowest BCUT2D eigenvalue weighted by atomic mass is 10.2. The van der Waals surface area contributed by atoms with Crippen molar-refractivity contribution in [3.05, 3.63) is 11.4 Å². The van der Waals surface area contributed by atoms with Crippen LogP contribution >= 0.6 is 0 Å². The summed E-state index contributed by atoms with van der Waals surface area (Å²) in [6, 6.07) is -0.328. The van der Waals surface area contributed by atoms with Crippen LogP contribution in [0.3, 0.4) is 0 Å². The molecule has 128 valence electrons. The van der Waals surface area contributed by atoms with Gasteiger partial charge in [0.2, 0.25) is 0 Å². The number of rotatable bonds is 4. The van der Waals surface area contributed by atoms with Crippen LogP contribution in [0.2, 0.25) is 0 Å². The van der Waals surface area contributed by atoms with E-state index >= 15 is 0 Å². The van der Waals surface area contributed by atoms with Crippen molar-refractivity contribution in [3.63, 3.8) is 0 Å². The summed E-state index contributed by atoms with van der Waals surface area (Å²) in [6.07, 6.45) is 0.884. The van der Waals surface area contributed by atoms with Crippen molar-refractivity contribution in [2.24, 2.45) is 0 Å². The normalized spacial score (nSPS) is 21.2. The molecule has 0 aliphatic heterocycles. The predicted molar refractivity (Wildman–Crippen MR) is 78.9 cm³/mol. The molecule has 1 amide bonds. The largest absolute Gasteiger partial charge is 0.476 e. The van der Waals surface area contributed by atoms with Crippen LogP contribution < -0.4 is 5.32 Å². The molecule has 0 spiro atoms. The fraction of sp³-hybridized carbons (Fsp3) is 0.714. The van der Waals surface area contributed by atoms with E-state index in [0.717, 1.165) is 6.42 Å². The minimum Gasteiger partial charge on any atom is -0.476 e. The van der Waals surface area contributed by atoms with Gasteiger partial charge in [-0.2, -0.15) is 0 Å². The molecule has 0 saturated heterocycles. The van der Waals surface area contributed by atoms with E-state index in [2.05, 4.69) is 15.6 Å². The first-order chi connectivity index (χ1) is 10.7. The van der Waals surface area contributed by atoms with Gasteiger partial charge in [-0.3, -0.25) is 0 Å². The number of aromatic carboxylic acids is 1. The summed E-state index contributed by atoms with van der Waals surface area (Å²) >= 11 is 0. The number of amides is 1. The number of nitrogens with zero attached hydrogens (tertiary/aromatic N) is 3. The van der Waals surface area contributed by atoms with E-state index < -0.39 is 23.8 Å². The van der Waals surface area contributed by atoms with E-state index in [1.165, 1.54) is 4.68 Å². The first kappa shape index (κ1) is 17.2. The highest BCUT2D eigenvalue weighted by Gasteiger charge is 2.32. The second-order valence-corrected chi connectivity index (χ2v) is 6.56. The summed E-state index contributed by atoms with van der Waals surface area (Å²) in [7, 11) is 0. The van der Waals surface area contributed by atoms with Crippen LogP contribution in [0.25, 0.3) is 0 Å². The monoisotopic (exact) mass is 326 g/mol. The van der Waals surface area contributed by atoms with Crippen LogP contribution in [-0.2, 0) is 11.3 Å². The zero-order valence-corrected chi connectivity index (χ0v) is 13.4. The topological polar surface area (TPSA) is 127 Å². The van der Waals surface area contributed by atoms with E-state index in [0.29, 0.717) is 12.8 Å². The van der Waals surface area contributed by atoms with Crippen LogP contribution in [0.5, 0.6) is 0 Å². The Kier molecular flexibility index (Phi) is 4.88. The van der Waals surface area contributed by atoms with Gasteiger partial charge in [0.25, 0.3) is 0 Å². The molecule has 1 aromatic rings. The summed E-state index contributed by atoms with van der Waals surface area (Å²) < 4.78 is 6.53. The summed E-state index contributed by atoms with van der Waals surface area (Å²) in [6.45, 7) is 5.11. The lowest BCUT2D eigenvalue weighted by molar-refractivity contribution is 0.0518. The Balaban J connectivity index is 2.17. The van der Waals surface area contributed by atoms with Gasteiger partial charge >= 0.3 is 12.1 Å². The number of carbonyl (C=O) groups excluding carboxylic acids is 1.